The zero-order valence-corrected chi connectivity index (χ0v) is 19.5. The largest absolute Gasteiger partial charge is 0.380 e. The third-order valence-corrected chi connectivity index (χ3v) is 5.12. The third kappa shape index (κ3) is 13.1. The molecule has 2 unspecified atom stereocenters. The highest BCUT2D eigenvalue weighted by molar-refractivity contribution is 4.81. The van der Waals surface area contributed by atoms with Crippen LogP contribution in [0.5, 0.6) is 0 Å². The fourth-order valence-electron chi connectivity index (χ4n) is 2.92. The molecule has 0 aliphatic heterocycles. The van der Waals surface area contributed by atoms with E-state index < -0.39 is 0 Å². The highest BCUT2D eigenvalue weighted by Crippen LogP contribution is 2.28. The van der Waals surface area contributed by atoms with E-state index in [0.717, 1.165) is 12.8 Å². The van der Waals surface area contributed by atoms with E-state index in [1.165, 1.54) is 0 Å². The summed E-state index contributed by atoms with van der Waals surface area (Å²) in [5.74, 6) is 0. The molecule has 0 saturated heterocycles. The van der Waals surface area contributed by atoms with Gasteiger partial charge in [0.2, 0.25) is 0 Å². The van der Waals surface area contributed by atoms with Gasteiger partial charge in [-0.3, -0.25) is 0 Å². The van der Waals surface area contributed by atoms with Crippen LogP contribution in [0.2, 0.25) is 0 Å². The van der Waals surface area contributed by atoms with Gasteiger partial charge in [0.1, 0.15) is 0 Å². The van der Waals surface area contributed by atoms with Crippen LogP contribution in [0.15, 0.2) is 0 Å². The standard InChI is InChI=1S/C21H48N4O5/c1-4-20(13-26-9-6-22,14-27-10-7-23)17-30-18-21(5-2,15-28-11-8-24)16-29-12-19(3)25/h19H,4-18,22-25H2,1-3H3. The first-order chi connectivity index (χ1) is 14.4. The molecule has 0 radical (unpaired) electrons. The Balaban J connectivity index is 5.01. The average Bonchev–Trinajstić information content (AvgIpc) is 2.73. The van der Waals surface area contributed by atoms with Gasteiger partial charge in [-0.05, 0) is 19.8 Å². The first kappa shape index (κ1) is 29.6. The Morgan fingerprint density at radius 1 is 0.600 bits per heavy atom. The van der Waals surface area contributed by atoms with Crippen molar-refractivity contribution < 1.29 is 23.7 Å². The molecule has 0 amide bonds. The number of hydrogen-bond acceptors (Lipinski definition) is 9. The van der Waals surface area contributed by atoms with E-state index >= 15 is 0 Å². The molecule has 0 fully saturated rings. The highest BCUT2D eigenvalue weighted by atomic mass is 16.5. The second-order valence-corrected chi connectivity index (χ2v) is 8.22. The van der Waals surface area contributed by atoms with Gasteiger partial charge < -0.3 is 46.6 Å². The maximum atomic E-state index is 6.25. The lowest BCUT2D eigenvalue weighted by molar-refractivity contribution is -0.110. The summed E-state index contributed by atoms with van der Waals surface area (Å²) in [5.41, 5.74) is 22.0. The van der Waals surface area contributed by atoms with Crippen molar-refractivity contribution in [3.63, 3.8) is 0 Å². The summed E-state index contributed by atoms with van der Waals surface area (Å²) in [4.78, 5) is 0. The van der Waals surface area contributed by atoms with Crippen molar-refractivity contribution in [2.45, 2.75) is 39.7 Å². The minimum Gasteiger partial charge on any atom is -0.380 e. The topological polar surface area (TPSA) is 150 Å². The van der Waals surface area contributed by atoms with Gasteiger partial charge in [-0.25, -0.2) is 0 Å². The van der Waals surface area contributed by atoms with Crippen LogP contribution in [0.3, 0.4) is 0 Å². The summed E-state index contributed by atoms with van der Waals surface area (Å²) in [6, 6.07) is -0.0161. The monoisotopic (exact) mass is 436 g/mol. The zero-order chi connectivity index (χ0) is 22.7. The van der Waals surface area contributed by atoms with E-state index in [1.807, 2.05) is 6.92 Å². The molecule has 0 aliphatic carbocycles. The van der Waals surface area contributed by atoms with Gasteiger partial charge >= 0.3 is 0 Å². The summed E-state index contributed by atoms with van der Waals surface area (Å²) in [7, 11) is 0. The van der Waals surface area contributed by atoms with Crippen molar-refractivity contribution in [1.29, 1.82) is 0 Å². The molecular formula is C21H48N4O5. The minimum absolute atomic E-state index is 0.0161. The van der Waals surface area contributed by atoms with Crippen molar-refractivity contribution in [3.05, 3.63) is 0 Å². The van der Waals surface area contributed by atoms with E-state index in [2.05, 4.69) is 13.8 Å². The first-order valence-electron chi connectivity index (χ1n) is 11.2. The zero-order valence-electron chi connectivity index (χ0n) is 19.5. The van der Waals surface area contributed by atoms with E-state index in [9.17, 15) is 0 Å². The molecule has 0 aromatic rings. The Kier molecular flexibility index (Phi) is 18.0. The Morgan fingerprint density at radius 2 is 0.933 bits per heavy atom. The Hall–Kier alpha value is -0.360. The lowest BCUT2D eigenvalue weighted by Gasteiger charge is -2.36. The summed E-state index contributed by atoms with van der Waals surface area (Å²) in [5, 5.41) is 0. The molecule has 0 spiro atoms. The smallest absolute Gasteiger partial charge is 0.0615 e. The average molecular weight is 437 g/mol. The van der Waals surface area contributed by atoms with Crippen LogP contribution in [0.4, 0.5) is 0 Å². The predicted octanol–water partition coefficient (Wildman–Crippen LogP) is 0.0855. The fraction of sp³-hybridized carbons (Fsp3) is 1.00. The van der Waals surface area contributed by atoms with Crippen LogP contribution in [-0.2, 0) is 23.7 Å². The minimum atomic E-state index is -0.264. The molecule has 30 heavy (non-hydrogen) atoms. The molecule has 9 nitrogen and oxygen atoms in total. The second-order valence-electron chi connectivity index (χ2n) is 8.22. The summed E-state index contributed by atoms with van der Waals surface area (Å²) >= 11 is 0. The Morgan fingerprint density at radius 3 is 1.23 bits per heavy atom. The van der Waals surface area contributed by atoms with Crippen LogP contribution < -0.4 is 22.9 Å². The molecule has 0 aromatic carbocycles. The number of rotatable bonds is 22. The molecule has 0 heterocycles. The summed E-state index contributed by atoms with van der Waals surface area (Å²) in [6.07, 6.45) is 1.70. The normalized spacial score (nSPS) is 15.3. The number of hydrogen-bond donors (Lipinski definition) is 4. The quantitative estimate of drug-likeness (QED) is 0.173. The molecule has 2 atom stereocenters. The lowest BCUT2D eigenvalue weighted by Crippen LogP contribution is -2.42. The Labute approximate surface area is 183 Å². The molecule has 182 valence electrons. The van der Waals surface area contributed by atoms with Gasteiger partial charge in [-0.2, -0.15) is 0 Å². The van der Waals surface area contributed by atoms with Crippen molar-refractivity contribution in [2.75, 3.05) is 85.7 Å². The molecule has 8 N–H and O–H groups in total. The second kappa shape index (κ2) is 18.2. The fourth-order valence-corrected chi connectivity index (χ4v) is 2.92. The predicted molar refractivity (Wildman–Crippen MR) is 120 cm³/mol. The van der Waals surface area contributed by atoms with Gasteiger partial charge in [0.15, 0.2) is 0 Å². The van der Waals surface area contributed by atoms with E-state index in [-0.39, 0.29) is 16.9 Å². The number of nitrogens with two attached hydrogens (primary N) is 4. The molecule has 9 heteroatoms. The molecule has 0 aromatic heterocycles. The van der Waals surface area contributed by atoms with Crippen LogP contribution in [0.1, 0.15) is 33.6 Å². The van der Waals surface area contributed by atoms with Gasteiger partial charge in [0.25, 0.3) is 0 Å². The summed E-state index contributed by atoms with van der Waals surface area (Å²) in [6.45, 7) is 12.7. The highest BCUT2D eigenvalue weighted by Gasteiger charge is 2.34. The summed E-state index contributed by atoms with van der Waals surface area (Å²) < 4.78 is 29.4. The van der Waals surface area contributed by atoms with Gasteiger partial charge in [-0.1, -0.05) is 13.8 Å². The van der Waals surface area contributed by atoms with Gasteiger partial charge in [-0.15, -0.1) is 0 Å². The van der Waals surface area contributed by atoms with Crippen LogP contribution >= 0.6 is 0 Å². The van der Waals surface area contributed by atoms with E-state index in [0.29, 0.717) is 85.7 Å². The SMILES string of the molecule is CCC(COCCN)(COCCN)COCC(CC)(COCCN)COCC(C)N. The van der Waals surface area contributed by atoms with Crippen LogP contribution in [0.25, 0.3) is 0 Å². The van der Waals surface area contributed by atoms with Crippen molar-refractivity contribution in [3.8, 4) is 0 Å². The third-order valence-electron chi connectivity index (χ3n) is 5.12. The molecule has 0 saturated carbocycles. The first-order valence-corrected chi connectivity index (χ1v) is 11.2. The van der Waals surface area contributed by atoms with E-state index in [4.69, 9.17) is 46.6 Å². The maximum absolute atomic E-state index is 6.25. The van der Waals surface area contributed by atoms with Crippen molar-refractivity contribution in [1.82, 2.24) is 0 Å². The van der Waals surface area contributed by atoms with Gasteiger partial charge in [0, 0.05) is 36.5 Å². The van der Waals surface area contributed by atoms with Crippen LogP contribution in [0, 0.1) is 10.8 Å². The van der Waals surface area contributed by atoms with Crippen molar-refractivity contribution >= 4 is 0 Å². The molecule has 0 aliphatic rings. The van der Waals surface area contributed by atoms with Gasteiger partial charge in [0.05, 0.1) is 66.1 Å². The molecular weight excluding hydrogens is 388 g/mol. The van der Waals surface area contributed by atoms with Crippen molar-refractivity contribution in [2.24, 2.45) is 33.8 Å². The Bertz CT molecular complexity index is 380. The maximum Gasteiger partial charge on any atom is 0.0615 e. The molecule has 0 bridgehead atoms. The van der Waals surface area contributed by atoms with E-state index in [1.54, 1.807) is 0 Å². The van der Waals surface area contributed by atoms with Crippen LogP contribution in [-0.4, -0.2) is 91.7 Å². The number of ether oxygens (including phenoxy) is 5. The lowest BCUT2D eigenvalue weighted by atomic mass is 9.86. The molecule has 0 rings (SSSR count).